The molecular weight excluding hydrogens is 196 g/mol. The zero-order valence-electron chi connectivity index (χ0n) is 8.69. The van der Waals surface area contributed by atoms with Crippen molar-refractivity contribution in [1.82, 2.24) is 0 Å². The van der Waals surface area contributed by atoms with Gasteiger partial charge in [0.1, 0.15) is 5.75 Å². The first-order valence-corrected chi connectivity index (χ1v) is 4.61. The van der Waals surface area contributed by atoms with E-state index in [0.29, 0.717) is 0 Å². The molecule has 0 fully saturated rings. The predicted molar refractivity (Wildman–Crippen MR) is 54.9 cm³/mol. The zero-order valence-corrected chi connectivity index (χ0v) is 8.69. The van der Waals surface area contributed by atoms with E-state index in [1.807, 2.05) is 0 Å². The molecule has 0 radical (unpaired) electrons. The molecule has 0 aliphatic rings. The Morgan fingerprint density at radius 1 is 1.33 bits per heavy atom. The number of rotatable bonds is 3. The van der Waals surface area contributed by atoms with Gasteiger partial charge >= 0.3 is 5.97 Å². The Bertz CT molecular complexity index is 361. The van der Waals surface area contributed by atoms with Crippen molar-refractivity contribution < 1.29 is 20.1 Å². The summed E-state index contributed by atoms with van der Waals surface area (Å²) < 4.78 is 0. The fourth-order valence-electron chi connectivity index (χ4n) is 1.57. The number of aromatic hydroxyl groups is 1. The van der Waals surface area contributed by atoms with E-state index in [1.54, 1.807) is 26.0 Å². The van der Waals surface area contributed by atoms with Crippen LogP contribution in [0.15, 0.2) is 12.1 Å². The number of aliphatic carboxylic acids is 1. The van der Waals surface area contributed by atoms with Crippen molar-refractivity contribution in [2.75, 3.05) is 0 Å². The number of carboxylic acid groups (broad SMARTS) is 1. The van der Waals surface area contributed by atoms with Gasteiger partial charge in [-0.2, -0.15) is 0 Å². The minimum absolute atomic E-state index is 0.0628. The Hall–Kier alpha value is -1.55. The van der Waals surface area contributed by atoms with Gasteiger partial charge in [0.15, 0.2) is 6.10 Å². The molecular formula is C11H14O4. The minimum Gasteiger partial charge on any atom is -0.508 e. The average Bonchev–Trinajstić information content (AvgIpc) is 2.10. The molecule has 82 valence electrons. The quantitative estimate of drug-likeness (QED) is 0.695. The summed E-state index contributed by atoms with van der Waals surface area (Å²) in [6, 6.07) is 3.10. The molecule has 0 bridgehead atoms. The van der Waals surface area contributed by atoms with E-state index >= 15 is 0 Å². The van der Waals surface area contributed by atoms with E-state index in [-0.39, 0.29) is 12.2 Å². The van der Waals surface area contributed by atoms with Crippen molar-refractivity contribution in [2.45, 2.75) is 26.4 Å². The molecule has 0 amide bonds. The van der Waals surface area contributed by atoms with E-state index in [4.69, 9.17) is 5.11 Å². The molecule has 1 atom stereocenters. The second-order valence-electron chi connectivity index (χ2n) is 3.62. The largest absolute Gasteiger partial charge is 0.508 e. The van der Waals surface area contributed by atoms with Crippen LogP contribution in [0.4, 0.5) is 0 Å². The van der Waals surface area contributed by atoms with E-state index in [1.165, 1.54) is 0 Å². The summed E-state index contributed by atoms with van der Waals surface area (Å²) >= 11 is 0. The first kappa shape index (κ1) is 11.5. The number of aryl methyl sites for hydroxylation is 2. The lowest BCUT2D eigenvalue weighted by molar-refractivity contribution is -0.146. The molecule has 0 saturated carbocycles. The van der Waals surface area contributed by atoms with Crippen molar-refractivity contribution in [2.24, 2.45) is 0 Å². The summed E-state index contributed by atoms with van der Waals surface area (Å²) in [6.07, 6.45) is -1.33. The third-order valence-electron chi connectivity index (χ3n) is 2.36. The predicted octanol–water partition coefficient (Wildman–Crippen LogP) is 0.997. The number of phenols is 1. The highest BCUT2D eigenvalue weighted by atomic mass is 16.4. The summed E-state index contributed by atoms with van der Waals surface area (Å²) in [7, 11) is 0. The SMILES string of the molecule is Cc1cc(O)cc(C)c1CC(O)C(=O)O. The molecule has 1 aromatic carbocycles. The van der Waals surface area contributed by atoms with Crippen LogP contribution in [0, 0.1) is 13.8 Å². The Labute approximate surface area is 87.8 Å². The summed E-state index contributed by atoms with van der Waals surface area (Å²) in [5.41, 5.74) is 2.34. The van der Waals surface area contributed by atoms with Crippen LogP contribution in [0.1, 0.15) is 16.7 Å². The second kappa shape index (κ2) is 4.31. The third-order valence-corrected chi connectivity index (χ3v) is 2.36. The van der Waals surface area contributed by atoms with E-state index in [2.05, 4.69) is 0 Å². The molecule has 0 aliphatic heterocycles. The van der Waals surface area contributed by atoms with Crippen molar-refractivity contribution >= 4 is 5.97 Å². The lowest BCUT2D eigenvalue weighted by Gasteiger charge is -2.12. The smallest absolute Gasteiger partial charge is 0.332 e. The van der Waals surface area contributed by atoms with Crippen LogP contribution in [-0.2, 0) is 11.2 Å². The summed E-state index contributed by atoms with van der Waals surface area (Å²) in [6.45, 7) is 3.55. The molecule has 0 aromatic heterocycles. The van der Waals surface area contributed by atoms with Crippen LogP contribution in [0.2, 0.25) is 0 Å². The summed E-state index contributed by atoms with van der Waals surface area (Å²) in [4.78, 5) is 10.5. The molecule has 0 heterocycles. The molecule has 1 unspecified atom stereocenters. The monoisotopic (exact) mass is 210 g/mol. The molecule has 1 rings (SSSR count). The highest BCUT2D eigenvalue weighted by Gasteiger charge is 2.16. The normalized spacial score (nSPS) is 12.5. The van der Waals surface area contributed by atoms with Crippen LogP contribution in [0.5, 0.6) is 5.75 Å². The molecule has 0 aliphatic carbocycles. The maximum absolute atomic E-state index is 10.5. The van der Waals surface area contributed by atoms with E-state index in [0.717, 1.165) is 16.7 Å². The zero-order chi connectivity index (χ0) is 11.6. The number of carboxylic acids is 1. The number of aliphatic hydroxyl groups excluding tert-OH is 1. The van der Waals surface area contributed by atoms with Crippen LogP contribution in [0.3, 0.4) is 0 Å². The topological polar surface area (TPSA) is 77.8 Å². The molecule has 0 spiro atoms. The average molecular weight is 210 g/mol. The van der Waals surface area contributed by atoms with E-state index < -0.39 is 12.1 Å². The number of aliphatic hydroxyl groups is 1. The number of phenolic OH excluding ortho intramolecular Hbond substituents is 1. The van der Waals surface area contributed by atoms with Crippen LogP contribution in [-0.4, -0.2) is 27.4 Å². The fourth-order valence-corrected chi connectivity index (χ4v) is 1.57. The standard InChI is InChI=1S/C11H14O4/c1-6-3-8(12)4-7(2)9(6)5-10(13)11(14)15/h3-4,10,12-13H,5H2,1-2H3,(H,14,15). The first-order valence-electron chi connectivity index (χ1n) is 4.61. The number of benzene rings is 1. The maximum atomic E-state index is 10.5. The van der Waals surface area contributed by atoms with Gasteiger partial charge in [0.05, 0.1) is 0 Å². The Morgan fingerprint density at radius 2 is 1.80 bits per heavy atom. The van der Waals surface area contributed by atoms with Gasteiger partial charge < -0.3 is 15.3 Å². The second-order valence-corrected chi connectivity index (χ2v) is 3.62. The molecule has 15 heavy (non-hydrogen) atoms. The van der Waals surface area contributed by atoms with Crippen LogP contribution < -0.4 is 0 Å². The number of carbonyl (C=O) groups is 1. The molecule has 1 aromatic rings. The first-order chi connectivity index (χ1) is 6.91. The van der Waals surface area contributed by atoms with Gasteiger partial charge in [0, 0.05) is 6.42 Å². The summed E-state index contributed by atoms with van der Waals surface area (Å²) in [5, 5.41) is 27.1. The van der Waals surface area contributed by atoms with Gasteiger partial charge in [-0.25, -0.2) is 4.79 Å². The number of hydrogen-bond donors (Lipinski definition) is 3. The van der Waals surface area contributed by atoms with Gasteiger partial charge in [-0.3, -0.25) is 0 Å². The van der Waals surface area contributed by atoms with Gasteiger partial charge in [0.25, 0.3) is 0 Å². The summed E-state index contributed by atoms with van der Waals surface area (Å²) in [5.74, 6) is -1.08. The molecule has 3 N–H and O–H groups in total. The highest BCUT2D eigenvalue weighted by molar-refractivity contribution is 5.72. The Morgan fingerprint density at radius 3 is 2.20 bits per heavy atom. The highest BCUT2D eigenvalue weighted by Crippen LogP contribution is 2.21. The van der Waals surface area contributed by atoms with Gasteiger partial charge in [-0.15, -0.1) is 0 Å². The van der Waals surface area contributed by atoms with Gasteiger partial charge in [-0.05, 0) is 42.7 Å². The molecule has 4 nitrogen and oxygen atoms in total. The van der Waals surface area contributed by atoms with Crippen molar-refractivity contribution in [1.29, 1.82) is 0 Å². The molecule has 4 heteroatoms. The fraction of sp³-hybridized carbons (Fsp3) is 0.364. The number of hydrogen-bond acceptors (Lipinski definition) is 3. The van der Waals surface area contributed by atoms with Crippen molar-refractivity contribution in [3.63, 3.8) is 0 Å². The van der Waals surface area contributed by atoms with Crippen molar-refractivity contribution in [3.8, 4) is 5.75 Å². The third kappa shape index (κ3) is 2.70. The van der Waals surface area contributed by atoms with Crippen LogP contribution in [0.25, 0.3) is 0 Å². The van der Waals surface area contributed by atoms with Gasteiger partial charge in [0.2, 0.25) is 0 Å². The van der Waals surface area contributed by atoms with Gasteiger partial charge in [-0.1, -0.05) is 0 Å². The maximum Gasteiger partial charge on any atom is 0.332 e. The molecule has 0 saturated heterocycles. The Balaban J connectivity index is 3.00. The lowest BCUT2D eigenvalue weighted by atomic mass is 9.97. The van der Waals surface area contributed by atoms with Crippen molar-refractivity contribution in [3.05, 3.63) is 28.8 Å². The lowest BCUT2D eigenvalue weighted by Crippen LogP contribution is -2.22. The van der Waals surface area contributed by atoms with E-state index in [9.17, 15) is 15.0 Å². The minimum atomic E-state index is -1.40. The van der Waals surface area contributed by atoms with Crippen LogP contribution >= 0.6 is 0 Å². The Kier molecular flexibility index (Phi) is 3.31.